The third-order valence-electron chi connectivity index (χ3n) is 6.78. The van der Waals surface area contributed by atoms with E-state index in [0.29, 0.717) is 43.5 Å². The van der Waals surface area contributed by atoms with Gasteiger partial charge in [0.25, 0.3) is 0 Å². The number of nitrogens with zero attached hydrogens (tertiary/aromatic N) is 1. The smallest absolute Gasteiger partial charge is 0.134 e. The van der Waals surface area contributed by atoms with E-state index in [4.69, 9.17) is 9.47 Å². The van der Waals surface area contributed by atoms with Crippen LogP contribution in [0, 0.1) is 12.7 Å². The molecule has 2 aromatic rings. The van der Waals surface area contributed by atoms with Gasteiger partial charge in [-0.2, -0.15) is 0 Å². The molecule has 2 fully saturated rings. The van der Waals surface area contributed by atoms with E-state index in [1.165, 1.54) is 11.6 Å². The fourth-order valence-electron chi connectivity index (χ4n) is 4.93. The van der Waals surface area contributed by atoms with Crippen molar-refractivity contribution in [3.05, 3.63) is 65.5 Å². The van der Waals surface area contributed by atoms with Gasteiger partial charge in [-0.1, -0.05) is 30.3 Å². The van der Waals surface area contributed by atoms with Crippen molar-refractivity contribution in [3.8, 4) is 5.75 Å². The topological polar surface area (TPSA) is 62.2 Å². The van der Waals surface area contributed by atoms with Crippen LogP contribution in [0.25, 0.3) is 0 Å². The van der Waals surface area contributed by atoms with Gasteiger partial charge in [0, 0.05) is 19.6 Å². The minimum absolute atomic E-state index is 0.0447. The second-order valence-electron chi connectivity index (χ2n) is 9.60. The van der Waals surface area contributed by atoms with Crippen molar-refractivity contribution >= 4 is 0 Å². The van der Waals surface area contributed by atoms with Gasteiger partial charge in [0.2, 0.25) is 0 Å². The SMILES string of the molecule is Cc1cc(OC[C@]2(O)COCCN(CC3(O)CCC(c4ccccc4)CC3)C2)ccc1F. The molecular formula is C26H34FNO4. The first-order chi connectivity index (χ1) is 15.3. The van der Waals surface area contributed by atoms with E-state index in [-0.39, 0.29) is 19.0 Å². The Bertz CT molecular complexity index is 885. The summed E-state index contributed by atoms with van der Waals surface area (Å²) in [6.07, 6.45) is 3.41. The molecule has 2 aromatic carbocycles. The molecule has 1 aliphatic carbocycles. The molecule has 2 N–H and O–H groups in total. The molecule has 1 saturated carbocycles. The summed E-state index contributed by atoms with van der Waals surface area (Å²) < 4.78 is 24.9. The molecular weight excluding hydrogens is 409 g/mol. The Balaban J connectivity index is 1.33. The summed E-state index contributed by atoms with van der Waals surface area (Å²) in [6, 6.07) is 15.1. The third-order valence-corrected chi connectivity index (χ3v) is 6.78. The Morgan fingerprint density at radius 2 is 1.84 bits per heavy atom. The monoisotopic (exact) mass is 443 g/mol. The number of halogens is 1. The fourth-order valence-corrected chi connectivity index (χ4v) is 4.93. The van der Waals surface area contributed by atoms with Crippen LogP contribution in [0.15, 0.2) is 48.5 Å². The lowest BCUT2D eigenvalue weighted by molar-refractivity contribution is -0.0766. The summed E-state index contributed by atoms with van der Waals surface area (Å²) in [6.45, 7) is 3.92. The fraction of sp³-hybridized carbons (Fsp3) is 0.538. The number of aryl methyl sites for hydroxylation is 1. The van der Waals surface area contributed by atoms with Crippen LogP contribution in [0.2, 0.25) is 0 Å². The van der Waals surface area contributed by atoms with Gasteiger partial charge in [-0.25, -0.2) is 4.39 Å². The highest BCUT2D eigenvalue weighted by Crippen LogP contribution is 2.38. The largest absolute Gasteiger partial charge is 0.490 e. The Morgan fingerprint density at radius 1 is 1.09 bits per heavy atom. The van der Waals surface area contributed by atoms with Crippen LogP contribution in [0.1, 0.15) is 42.7 Å². The molecule has 2 aliphatic rings. The minimum atomic E-state index is -1.20. The van der Waals surface area contributed by atoms with Crippen molar-refractivity contribution in [1.29, 1.82) is 0 Å². The number of hydrogen-bond donors (Lipinski definition) is 2. The summed E-state index contributed by atoms with van der Waals surface area (Å²) in [5, 5.41) is 22.4. The molecule has 0 unspecified atom stereocenters. The predicted molar refractivity (Wildman–Crippen MR) is 121 cm³/mol. The van der Waals surface area contributed by atoms with Crippen molar-refractivity contribution in [1.82, 2.24) is 4.90 Å². The van der Waals surface area contributed by atoms with Crippen LogP contribution < -0.4 is 4.74 Å². The van der Waals surface area contributed by atoms with Crippen LogP contribution >= 0.6 is 0 Å². The van der Waals surface area contributed by atoms with Crippen LogP contribution in [0.4, 0.5) is 4.39 Å². The van der Waals surface area contributed by atoms with E-state index in [1.807, 2.05) is 6.07 Å². The summed E-state index contributed by atoms with van der Waals surface area (Å²) in [4.78, 5) is 2.09. The molecule has 1 heterocycles. The molecule has 0 aromatic heterocycles. The van der Waals surface area contributed by atoms with E-state index < -0.39 is 11.2 Å². The number of benzene rings is 2. The molecule has 174 valence electrons. The molecule has 1 saturated heterocycles. The highest BCUT2D eigenvalue weighted by atomic mass is 19.1. The molecule has 32 heavy (non-hydrogen) atoms. The van der Waals surface area contributed by atoms with Crippen molar-refractivity contribution < 1.29 is 24.1 Å². The van der Waals surface area contributed by atoms with E-state index in [9.17, 15) is 14.6 Å². The van der Waals surface area contributed by atoms with Crippen molar-refractivity contribution in [2.45, 2.75) is 49.7 Å². The standard InChI is InChI=1S/C26H34FNO4/c1-20-15-23(7-8-24(20)27)32-19-26(30)17-28(13-14-31-18-26)16-25(29)11-9-22(10-12-25)21-5-3-2-4-6-21/h2-8,15,22,29-30H,9-14,16-19H2,1H3/t22?,25?,26-/m1/s1. The highest BCUT2D eigenvalue weighted by molar-refractivity contribution is 5.29. The molecule has 0 bridgehead atoms. The summed E-state index contributed by atoms with van der Waals surface area (Å²) in [5.74, 6) is 0.731. The van der Waals surface area contributed by atoms with E-state index in [2.05, 4.69) is 29.2 Å². The zero-order chi connectivity index (χ0) is 22.6. The van der Waals surface area contributed by atoms with Gasteiger partial charge in [0.15, 0.2) is 0 Å². The summed E-state index contributed by atoms with van der Waals surface area (Å²) in [5.41, 5.74) is -0.108. The van der Waals surface area contributed by atoms with Gasteiger partial charge in [-0.15, -0.1) is 0 Å². The molecule has 6 heteroatoms. The number of ether oxygens (including phenoxy) is 2. The van der Waals surface area contributed by atoms with Crippen molar-refractivity contribution in [3.63, 3.8) is 0 Å². The quantitative estimate of drug-likeness (QED) is 0.714. The molecule has 0 amide bonds. The summed E-state index contributed by atoms with van der Waals surface area (Å²) >= 11 is 0. The molecule has 0 spiro atoms. The van der Waals surface area contributed by atoms with Gasteiger partial charge in [-0.3, -0.25) is 4.90 Å². The zero-order valence-electron chi connectivity index (χ0n) is 18.8. The maximum Gasteiger partial charge on any atom is 0.134 e. The Morgan fingerprint density at radius 3 is 2.56 bits per heavy atom. The highest BCUT2D eigenvalue weighted by Gasteiger charge is 2.39. The Labute approximate surface area is 189 Å². The Hall–Kier alpha value is -1.99. The second-order valence-corrected chi connectivity index (χ2v) is 9.60. The normalized spacial score (nSPS) is 29.4. The molecule has 4 rings (SSSR count). The predicted octanol–water partition coefficient (Wildman–Crippen LogP) is 3.67. The first-order valence-corrected chi connectivity index (χ1v) is 11.5. The van der Waals surface area contributed by atoms with Crippen molar-refractivity contribution in [2.75, 3.05) is 39.5 Å². The van der Waals surface area contributed by atoms with Crippen LogP contribution in [-0.4, -0.2) is 65.8 Å². The van der Waals surface area contributed by atoms with E-state index >= 15 is 0 Å². The van der Waals surface area contributed by atoms with Crippen LogP contribution in [-0.2, 0) is 4.74 Å². The van der Waals surface area contributed by atoms with Crippen LogP contribution in [0.3, 0.4) is 0 Å². The van der Waals surface area contributed by atoms with Crippen LogP contribution in [0.5, 0.6) is 5.75 Å². The molecule has 1 aliphatic heterocycles. The van der Waals surface area contributed by atoms with Gasteiger partial charge >= 0.3 is 0 Å². The number of hydrogen-bond acceptors (Lipinski definition) is 5. The number of aliphatic hydroxyl groups is 2. The lowest BCUT2D eigenvalue weighted by atomic mass is 9.76. The van der Waals surface area contributed by atoms with Gasteiger partial charge < -0.3 is 19.7 Å². The first kappa shape index (κ1) is 23.2. The Kier molecular flexibility index (Phi) is 7.15. The number of rotatable bonds is 6. The molecule has 0 radical (unpaired) electrons. The maximum atomic E-state index is 13.5. The third kappa shape index (κ3) is 5.87. The maximum absolute atomic E-state index is 13.5. The number of β-amino-alcohol motifs (C(OH)–C–C–N with tert-alkyl or cyclic N) is 2. The first-order valence-electron chi connectivity index (χ1n) is 11.5. The van der Waals surface area contributed by atoms with E-state index in [0.717, 1.165) is 25.7 Å². The van der Waals surface area contributed by atoms with Crippen molar-refractivity contribution in [2.24, 2.45) is 0 Å². The summed E-state index contributed by atoms with van der Waals surface area (Å²) in [7, 11) is 0. The average Bonchev–Trinajstić information content (AvgIpc) is 2.97. The zero-order valence-corrected chi connectivity index (χ0v) is 18.8. The molecule has 1 atom stereocenters. The lowest BCUT2D eigenvalue weighted by Crippen LogP contribution is -2.53. The van der Waals surface area contributed by atoms with Gasteiger partial charge in [-0.05, 0) is 67.9 Å². The van der Waals surface area contributed by atoms with Gasteiger partial charge in [0.1, 0.15) is 23.8 Å². The van der Waals surface area contributed by atoms with E-state index in [1.54, 1.807) is 19.1 Å². The minimum Gasteiger partial charge on any atom is -0.490 e. The lowest BCUT2D eigenvalue weighted by Gasteiger charge is -2.40. The second kappa shape index (κ2) is 9.87. The van der Waals surface area contributed by atoms with Gasteiger partial charge in [0.05, 0.1) is 18.8 Å². The molecule has 5 nitrogen and oxygen atoms in total. The average molecular weight is 444 g/mol.